The minimum absolute atomic E-state index is 0.144. The second kappa shape index (κ2) is 7.90. The molecule has 1 unspecified atom stereocenters. The maximum atomic E-state index is 12.6. The van der Waals surface area contributed by atoms with Crippen LogP contribution in [0.3, 0.4) is 0 Å². The summed E-state index contributed by atoms with van der Waals surface area (Å²) in [5.74, 6) is 1.24. The number of carbonyl (C=O) groups excluding carboxylic acids is 2. The number of hydrogen-bond acceptors (Lipinski definition) is 6. The minimum atomic E-state index is -0.543. The van der Waals surface area contributed by atoms with E-state index in [-0.39, 0.29) is 11.6 Å². The Morgan fingerprint density at radius 2 is 1.97 bits per heavy atom. The van der Waals surface area contributed by atoms with E-state index in [0.717, 1.165) is 11.3 Å². The quantitative estimate of drug-likeness (QED) is 0.693. The van der Waals surface area contributed by atoms with Crippen molar-refractivity contribution in [2.45, 2.75) is 20.0 Å². The minimum Gasteiger partial charge on any atom is -0.494 e. The van der Waals surface area contributed by atoms with Crippen LogP contribution in [0.2, 0.25) is 0 Å². The third-order valence-corrected chi connectivity index (χ3v) is 4.75. The number of hydrogen-bond donors (Lipinski definition) is 1. The summed E-state index contributed by atoms with van der Waals surface area (Å²) < 4.78 is 16.3. The van der Waals surface area contributed by atoms with Gasteiger partial charge in [0, 0.05) is 24.4 Å². The SMILES string of the molecule is CCOc1ccc(-c2cc(C(=O)Nc3ccc4c(c3)N(C)C(=O)C(C)O4)no2)cc1. The van der Waals surface area contributed by atoms with Gasteiger partial charge in [-0.15, -0.1) is 0 Å². The Balaban J connectivity index is 1.49. The highest BCUT2D eigenvalue weighted by atomic mass is 16.5. The van der Waals surface area contributed by atoms with Crippen LogP contribution >= 0.6 is 0 Å². The van der Waals surface area contributed by atoms with Gasteiger partial charge in [0.2, 0.25) is 0 Å². The molecular formula is C22H21N3O5. The normalized spacial score (nSPS) is 15.4. The summed E-state index contributed by atoms with van der Waals surface area (Å²) in [7, 11) is 1.67. The van der Waals surface area contributed by atoms with E-state index in [9.17, 15) is 9.59 Å². The van der Waals surface area contributed by atoms with Crippen LogP contribution in [0.15, 0.2) is 53.1 Å². The van der Waals surface area contributed by atoms with E-state index < -0.39 is 12.0 Å². The van der Waals surface area contributed by atoms with Crippen LogP contribution in [-0.4, -0.2) is 36.7 Å². The van der Waals surface area contributed by atoms with Gasteiger partial charge in [-0.25, -0.2) is 0 Å². The Hall–Kier alpha value is -3.81. The summed E-state index contributed by atoms with van der Waals surface area (Å²) in [6.07, 6.45) is -0.543. The van der Waals surface area contributed by atoms with Crippen LogP contribution in [0.25, 0.3) is 11.3 Å². The van der Waals surface area contributed by atoms with Crippen molar-refractivity contribution in [1.29, 1.82) is 0 Å². The van der Waals surface area contributed by atoms with E-state index in [0.29, 0.717) is 29.5 Å². The number of nitrogens with zero attached hydrogens (tertiary/aromatic N) is 2. The predicted molar refractivity (Wildman–Crippen MR) is 111 cm³/mol. The number of amides is 2. The molecule has 154 valence electrons. The topological polar surface area (TPSA) is 93.9 Å². The maximum Gasteiger partial charge on any atom is 0.277 e. The van der Waals surface area contributed by atoms with Gasteiger partial charge in [0.25, 0.3) is 11.8 Å². The van der Waals surface area contributed by atoms with E-state index in [1.165, 1.54) is 4.90 Å². The van der Waals surface area contributed by atoms with Gasteiger partial charge in [0.15, 0.2) is 17.6 Å². The third-order valence-electron chi connectivity index (χ3n) is 4.75. The van der Waals surface area contributed by atoms with Gasteiger partial charge in [-0.2, -0.15) is 0 Å². The van der Waals surface area contributed by atoms with Crippen LogP contribution < -0.4 is 19.7 Å². The summed E-state index contributed by atoms with van der Waals surface area (Å²) in [6, 6.07) is 14.0. The molecule has 8 nitrogen and oxygen atoms in total. The smallest absolute Gasteiger partial charge is 0.277 e. The molecule has 0 radical (unpaired) electrons. The maximum absolute atomic E-state index is 12.6. The molecule has 1 N–H and O–H groups in total. The molecule has 8 heteroatoms. The molecule has 0 fully saturated rings. The number of benzene rings is 2. The average Bonchev–Trinajstić information content (AvgIpc) is 3.24. The molecule has 30 heavy (non-hydrogen) atoms. The molecule has 1 aliphatic rings. The highest BCUT2D eigenvalue weighted by molar-refractivity contribution is 6.05. The molecule has 4 rings (SSSR count). The van der Waals surface area contributed by atoms with Crippen LogP contribution in [0.4, 0.5) is 11.4 Å². The standard InChI is InChI=1S/C22H21N3O5/c1-4-28-16-8-5-14(6-9-16)20-12-17(24-30-20)21(26)23-15-7-10-19-18(11-15)25(3)22(27)13(2)29-19/h5-13H,4H2,1-3H3,(H,23,26). The number of rotatable bonds is 5. The zero-order valence-corrected chi connectivity index (χ0v) is 16.8. The number of fused-ring (bicyclic) bond motifs is 1. The van der Waals surface area contributed by atoms with Gasteiger partial charge >= 0.3 is 0 Å². The largest absolute Gasteiger partial charge is 0.494 e. The first-order chi connectivity index (χ1) is 14.5. The molecule has 1 aliphatic heterocycles. The highest BCUT2D eigenvalue weighted by Crippen LogP contribution is 2.35. The molecular weight excluding hydrogens is 386 g/mol. The molecule has 0 aliphatic carbocycles. The van der Waals surface area contributed by atoms with E-state index in [1.54, 1.807) is 38.2 Å². The molecule has 0 saturated heterocycles. The van der Waals surface area contributed by atoms with Crippen LogP contribution in [0, 0.1) is 0 Å². The predicted octanol–water partition coefficient (Wildman–Crippen LogP) is 3.74. The highest BCUT2D eigenvalue weighted by Gasteiger charge is 2.29. The summed E-state index contributed by atoms with van der Waals surface area (Å²) in [5, 5.41) is 6.63. The number of likely N-dealkylation sites (N-methyl/N-ethyl adjacent to an activating group) is 1. The molecule has 0 saturated carbocycles. The molecule has 1 aromatic heterocycles. The molecule has 3 aromatic rings. The fourth-order valence-corrected chi connectivity index (χ4v) is 3.18. The Kier molecular flexibility index (Phi) is 5.14. The first-order valence-corrected chi connectivity index (χ1v) is 9.56. The van der Waals surface area contributed by atoms with Gasteiger partial charge < -0.3 is 24.2 Å². The molecule has 0 bridgehead atoms. The van der Waals surface area contributed by atoms with Gasteiger partial charge in [0.1, 0.15) is 11.5 Å². The van der Waals surface area contributed by atoms with Gasteiger partial charge in [-0.1, -0.05) is 5.16 Å². The van der Waals surface area contributed by atoms with Gasteiger partial charge in [0.05, 0.1) is 12.3 Å². The van der Waals surface area contributed by atoms with Crippen molar-refractivity contribution >= 4 is 23.2 Å². The zero-order valence-electron chi connectivity index (χ0n) is 16.8. The number of nitrogens with one attached hydrogen (secondary N) is 1. The van der Waals surface area contributed by atoms with Crippen LogP contribution in [0.5, 0.6) is 11.5 Å². The van der Waals surface area contributed by atoms with Crippen molar-refractivity contribution in [3.63, 3.8) is 0 Å². The summed E-state index contributed by atoms with van der Waals surface area (Å²) in [6.45, 7) is 4.20. The Morgan fingerprint density at radius 1 is 1.20 bits per heavy atom. The van der Waals surface area contributed by atoms with Crippen molar-refractivity contribution in [3.05, 3.63) is 54.2 Å². The average molecular weight is 407 g/mol. The number of carbonyl (C=O) groups is 2. The number of anilines is 2. The second-order valence-electron chi connectivity index (χ2n) is 6.83. The van der Waals surface area contributed by atoms with Crippen molar-refractivity contribution in [3.8, 4) is 22.8 Å². The van der Waals surface area contributed by atoms with Gasteiger partial charge in [-0.3, -0.25) is 9.59 Å². The molecule has 2 heterocycles. The second-order valence-corrected chi connectivity index (χ2v) is 6.83. The van der Waals surface area contributed by atoms with Gasteiger partial charge in [-0.05, 0) is 56.3 Å². The lowest BCUT2D eigenvalue weighted by Crippen LogP contribution is -2.41. The van der Waals surface area contributed by atoms with Crippen molar-refractivity contribution < 1.29 is 23.6 Å². The first kappa shape index (κ1) is 19.5. The fraction of sp³-hybridized carbons (Fsp3) is 0.227. The van der Waals surface area contributed by atoms with E-state index >= 15 is 0 Å². The van der Waals surface area contributed by atoms with Crippen molar-refractivity contribution in [2.75, 3.05) is 23.9 Å². The van der Waals surface area contributed by atoms with E-state index in [2.05, 4.69) is 10.5 Å². The molecule has 0 spiro atoms. The summed E-state index contributed by atoms with van der Waals surface area (Å²) >= 11 is 0. The fourth-order valence-electron chi connectivity index (χ4n) is 3.18. The number of aromatic nitrogens is 1. The lowest BCUT2D eigenvalue weighted by atomic mass is 10.1. The Bertz CT molecular complexity index is 1090. The Morgan fingerprint density at radius 3 is 2.70 bits per heavy atom. The summed E-state index contributed by atoms with van der Waals surface area (Å²) in [5.41, 5.74) is 2.03. The van der Waals surface area contributed by atoms with Crippen molar-refractivity contribution in [2.24, 2.45) is 0 Å². The summed E-state index contributed by atoms with van der Waals surface area (Å²) in [4.78, 5) is 26.2. The molecule has 2 amide bonds. The lowest BCUT2D eigenvalue weighted by Gasteiger charge is -2.30. The molecule has 1 atom stereocenters. The number of ether oxygens (including phenoxy) is 2. The zero-order chi connectivity index (χ0) is 21.3. The van der Waals surface area contributed by atoms with Crippen LogP contribution in [-0.2, 0) is 4.79 Å². The molecule has 2 aromatic carbocycles. The van der Waals surface area contributed by atoms with Crippen LogP contribution in [0.1, 0.15) is 24.3 Å². The monoisotopic (exact) mass is 407 g/mol. The lowest BCUT2D eigenvalue weighted by molar-refractivity contribution is -0.125. The van der Waals surface area contributed by atoms with E-state index in [1.807, 2.05) is 31.2 Å². The first-order valence-electron chi connectivity index (χ1n) is 9.56. The third kappa shape index (κ3) is 3.71. The van der Waals surface area contributed by atoms with Crippen molar-refractivity contribution in [1.82, 2.24) is 5.16 Å². The Labute approximate surface area is 173 Å². The van der Waals surface area contributed by atoms with E-state index in [4.69, 9.17) is 14.0 Å².